The molecule has 0 fully saturated rings. The van der Waals surface area contributed by atoms with E-state index in [1.807, 2.05) is 20.8 Å². The van der Waals surface area contributed by atoms with E-state index in [1.54, 1.807) is 0 Å². The minimum absolute atomic E-state index is 0.0941. The van der Waals surface area contributed by atoms with Crippen LogP contribution in [0.1, 0.15) is 27.2 Å². The van der Waals surface area contributed by atoms with Crippen molar-refractivity contribution in [3.05, 3.63) is 0 Å². The van der Waals surface area contributed by atoms with Gasteiger partial charge in [0.15, 0.2) is 0 Å². The van der Waals surface area contributed by atoms with Gasteiger partial charge in [0.25, 0.3) is 0 Å². The molecule has 0 aliphatic carbocycles. The number of rotatable bonds is 4. The highest BCUT2D eigenvalue weighted by molar-refractivity contribution is 9.11. The van der Waals surface area contributed by atoms with E-state index in [9.17, 15) is 0 Å². The van der Waals surface area contributed by atoms with Gasteiger partial charge in [-0.1, -0.05) is 29.8 Å². The summed E-state index contributed by atoms with van der Waals surface area (Å²) in [6.07, 6.45) is 0.844. The standard InChI is InChI=1S/C7H14Br2O2.H4O4Si/c1-4-6(2,5-10)7(3,8)11-9;1-5(2,3)4/h10H,4-5H2,1-3H3;1-4H. The number of hydrogen-bond acceptors (Lipinski definition) is 6. The first-order valence-electron chi connectivity index (χ1n) is 4.42. The third-order valence-electron chi connectivity index (χ3n) is 2.35. The molecule has 2 atom stereocenters. The van der Waals surface area contributed by atoms with Crippen LogP contribution in [0, 0.1) is 5.41 Å². The highest BCUT2D eigenvalue weighted by Crippen LogP contribution is 2.42. The Morgan fingerprint density at radius 3 is 1.56 bits per heavy atom. The zero-order chi connectivity index (χ0) is 13.6. The molecule has 9 heteroatoms. The predicted octanol–water partition coefficient (Wildman–Crippen LogP) is 0.224. The van der Waals surface area contributed by atoms with Crippen molar-refractivity contribution in [3.63, 3.8) is 0 Å². The molecule has 0 saturated heterocycles. The molecule has 0 aromatic rings. The van der Waals surface area contributed by atoms with E-state index in [2.05, 4.69) is 32.2 Å². The van der Waals surface area contributed by atoms with Crippen LogP contribution >= 0.6 is 32.2 Å². The van der Waals surface area contributed by atoms with Crippen LogP contribution in [-0.2, 0) is 3.83 Å². The summed E-state index contributed by atoms with van der Waals surface area (Å²) in [7, 11) is -4.61. The number of aliphatic hydroxyl groups is 1. The van der Waals surface area contributed by atoms with Crippen LogP contribution in [0.25, 0.3) is 0 Å². The molecule has 0 spiro atoms. The second kappa shape index (κ2) is 7.39. The zero-order valence-corrected chi connectivity index (χ0v) is 13.5. The minimum atomic E-state index is -4.61. The summed E-state index contributed by atoms with van der Waals surface area (Å²) >= 11 is 6.33. The Hall–Kier alpha value is 0.937. The molecule has 0 radical (unpaired) electrons. The lowest BCUT2D eigenvalue weighted by molar-refractivity contribution is 0.0178. The molecule has 2 unspecified atom stereocenters. The molecule has 0 bridgehead atoms. The maximum absolute atomic E-state index is 9.12. The van der Waals surface area contributed by atoms with Gasteiger partial charge in [0.1, 0.15) is 20.8 Å². The van der Waals surface area contributed by atoms with Crippen molar-refractivity contribution in [2.24, 2.45) is 5.41 Å². The highest BCUT2D eigenvalue weighted by Gasteiger charge is 2.42. The Bertz CT molecular complexity index is 186. The third-order valence-corrected chi connectivity index (χ3v) is 4.55. The Labute approximate surface area is 113 Å². The van der Waals surface area contributed by atoms with Crippen LogP contribution in [0.3, 0.4) is 0 Å². The average Bonchev–Trinajstić information content (AvgIpc) is 2.13. The van der Waals surface area contributed by atoms with Gasteiger partial charge in [-0.15, -0.1) is 0 Å². The molecule has 0 aliphatic rings. The molecule has 100 valence electrons. The van der Waals surface area contributed by atoms with Crippen LogP contribution in [0.4, 0.5) is 0 Å². The predicted molar refractivity (Wildman–Crippen MR) is 67.5 cm³/mol. The SMILES string of the molecule is CCC(C)(CO)C(C)(Br)OBr.O[Si](O)(O)O. The minimum Gasteiger partial charge on any atom is -0.396 e. The number of halogens is 2. The maximum atomic E-state index is 9.12. The number of aliphatic hydroxyl groups excluding tert-OH is 1. The lowest BCUT2D eigenvalue weighted by Gasteiger charge is -2.38. The fourth-order valence-corrected chi connectivity index (χ4v) is 1.46. The van der Waals surface area contributed by atoms with Gasteiger partial charge in [-0.2, -0.15) is 0 Å². The van der Waals surface area contributed by atoms with Crippen molar-refractivity contribution < 1.29 is 28.1 Å². The van der Waals surface area contributed by atoms with Gasteiger partial charge < -0.3 is 24.3 Å². The summed E-state index contributed by atoms with van der Waals surface area (Å²) in [4.78, 5) is 29.3. The Morgan fingerprint density at radius 1 is 1.19 bits per heavy atom. The quantitative estimate of drug-likeness (QED) is 0.350. The Balaban J connectivity index is 0. The molecule has 0 aromatic carbocycles. The van der Waals surface area contributed by atoms with E-state index in [0.29, 0.717) is 0 Å². The van der Waals surface area contributed by atoms with E-state index < -0.39 is 13.6 Å². The van der Waals surface area contributed by atoms with Gasteiger partial charge in [-0.25, -0.2) is 0 Å². The highest BCUT2D eigenvalue weighted by atomic mass is 79.9. The topological polar surface area (TPSA) is 110 Å². The van der Waals surface area contributed by atoms with E-state index in [1.165, 1.54) is 0 Å². The van der Waals surface area contributed by atoms with Gasteiger partial charge in [-0.05, 0) is 13.3 Å². The molecule has 0 saturated carbocycles. The van der Waals surface area contributed by atoms with Crippen LogP contribution in [-0.4, -0.2) is 44.5 Å². The van der Waals surface area contributed by atoms with Gasteiger partial charge in [0.2, 0.25) is 0 Å². The Morgan fingerprint density at radius 2 is 1.50 bits per heavy atom. The van der Waals surface area contributed by atoms with Crippen LogP contribution in [0.5, 0.6) is 0 Å². The fourth-order valence-electron chi connectivity index (χ4n) is 0.662. The Kier molecular flexibility index (Phi) is 8.90. The average molecular weight is 386 g/mol. The third kappa shape index (κ3) is 8.09. The molecule has 16 heavy (non-hydrogen) atoms. The molecular formula is C7H18Br2O6Si. The molecular weight excluding hydrogens is 368 g/mol. The van der Waals surface area contributed by atoms with Crippen molar-refractivity contribution in [2.45, 2.75) is 31.7 Å². The fraction of sp³-hybridized carbons (Fsp3) is 1.00. The first-order valence-corrected chi connectivity index (χ1v) is 7.65. The summed E-state index contributed by atoms with van der Waals surface area (Å²) in [5.74, 6) is 0. The van der Waals surface area contributed by atoms with Crippen molar-refractivity contribution in [1.82, 2.24) is 0 Å². The summed E-state index contributed by atoms with van der Waals surface area (Å²) < 4.78 is 4.53. The summed E-state index contributed by atoms with van der Waals surface area (Å²) in [6, 6.07) is 0. The first kappa shape index (κ1) is 19.3. The van der Waals surface area contributed by atoms with E-state index in [0.717, 1.165) is 6.42 Å². The van der Waals surface area contributed by atoms with E-state index in [-0.39, 0.29) is 12.0 Å². The molecule has 0 aliphatic heterocycles. The molecule has 0 rings (SSSR count). The second-order valence-electron chi connectivity index (χ2n) is 3.67. The molecule has 0 aromatic heterocycles. The summed E-state index contributed by atoms with van der Waals surface area (Å²) in [6.45, 7) is 5.95. The van der Waals surface area contributed by atoms with Crippen molar-refractivity contribution in [2.75, 3.05) is 6.61 Å². The normalized spacial score (nSPS) is 19.1. The van der Waals surface area contributed by atoms with Crippen molar-refractivity contribution >= 4 is 41.2 Å². The summed E-state index contributed by atoms with van der Waals surface area (Å²) in [5.41, 5.74) is -0.267. The lowest BCUT2D eigenvalue weighted by Crippen LogP contribution is -2.41. The maximum Gasteiger partial charge on any atom is 0.668 e. The number of hydrogen-bond donors (Lipinski definition) is 5. The first-order chi connectivity index (χ1) is 6.93. The lowest BCUT2D eigenvalue weighted by atomic mass is 9.83. The molecule has 0 heterocycles. The van der Waals surface area contributed by atoms with Gasteiger partial charge in [0, 0.05) is 5.41 Å². The zero-order valence-electron chi connectivity index (χ0n) is 9.31. The monoisotopic (exact) mass is 384 g/mol. The van der Waals surface area contributed by atoms with E-state index >= 15 is 0 Å². The van der Waals surface area contributed by atoms with E-state index in [4.69, 9.17) is 28.1 Å². The van der Waals surface area contributed by atoms with Crippen molar-refractivity contribution in [3.8, 4) is 0 Å². The van der Waals surface area contributed by atoms with Gasteiger partial charge >= 0.3 is 9.05 Å². The van der Waals surface area contributed by atoms with Crippen LogP contribution in [0.15, 0.2) is 0 Å². The van der Waals surface area contributed by atoms with Crippen molar-refractivity contribution in [1.29, 1.82) is 0 Å². The molecule has 6 nitrogen and oxygen atoms in total. The second-order valence-corrected chi connectivity index (χ2v) is 6.70. The largest absolute Gasteiger partial charge is 0.668 e. The molecule has 0 amide bonds. The number of alkyl halides is 1. The molecule has 5 N–H and O–H groups in total. The summed E-state index contributed by atoms with van der Waals surface area (Å²) in [5, 5.41) is 9.12. The van der Waals surface area contributed by atoms with Crippen LogP contribution in [0.2, 0.25) is 0 Å². The van der Waals surface area contributed by atoms with Crippen LogP contribution < -0.4 is 0 Å². The van der Waals surface area contributed by atoms with Gasteiger partial charge in [-0.3, -0.25) is 3.83 Å². The smallest absolute Gasteiger partial charge is 0.396 e. The van der Waals surface area contributed by atoms with Gasteiger partial charge in [0.05, 0.1) is 6.61 Å².